The first-order valence-electron chi connectivity index (χ1n) is 2.56. The second-order valence-electron chi connectivity index (χ2n) is 1.43. The van der Waals surface area contributed by atoms with Crippen LogP contribution in [0.4, 0.5) is 0 Å². The molecule has 0 aliphatic carbocycles. The minimum atomic E-state index is 0.224. The SMILES string of the molecule is [B]/C(C=O)=C/C=C\NC. The molecule has 2 nitrogen and oxygen atoms in total. The summed E-state index contributed by atoms with van der Waals surface area (Å²) in [6.45, 7) is 0. The zero-order valence-electron chi connectivity index (χ0n) is 5.29. The molecule has 0 aliphatic rings. The van der Waals surface area contributed by atoms with Crippen LogP contribution in [0.3, 0.4) is 0 Å². The second-order valence-corrected chi connectivity index (χ2v) is 1.43. The Bertz CT molecular complexity index is 140. The van der Waals surface area contributed by atoms with Crippen LogP contribution >= 0.6 is 0 Å². The van der Waals surface area contributed by atoms with Crippen LogP contribution in [0, 0.1) is 0 Å². The Kier molecular flexibility index (Phi) is 4.59. The summed E-state index contributed by atoms with van der Waals surface area (Å²) < 4.78 is 0. The van der Waals surface area contributed by atoms with Crippen LogP contribution in [0.5, 0.6) is 0 Å². The van der Waals surface area contributed by atoms with Crippen molar-refractivity contribution in [1.29, 1.82) is 0 Å². The van der Waals surface area contributed by atoms with Crippen molar-refractivity contribution in [2.24, 2.45) is 0 Å². The molecule has 0 spiro atoms. The molecule has 0 aromatic heterocycles. The first-order valence-corrected chi connectivity index (χ1v) is 2.56. The van der Waals surface area contributed by atoms with Crippen LogP contribution in [0.1, 0.15) is 0 Å². The molecule has 0 heterocycles. The van der Waals surface area contributed by atoms with Crippen LogP contribution in [-0.2, 0) is 4.79 Å². The van der Waals surface area contributed by atoms with Gasteiger partial charge in [-0.2, -0.15) is 0 Å². The highest BCUT2D eigenvalue weighted by Gasteiger charge is 1.75. The highest BCUT2D eigenvalue weighted by Crippen LogP contribution is 1.80. The van der Waals surface area contributed by atoms with Crippen molar-refractivity contribution in [3.05, 3.63) is 23.8 Å². The maximum Gasteiger partial charge on any atom is 0.135 e. The Hall–Kier alpha value is -0.985. The Labute approximate surface area is 56.0 Å². The predicted molar refractivity (Wildman–Crippen MR) is 38.1 cm³/mol. The lowest BCUT2D eigenvalue weighted by atomic mass is 9.97. The number of nitrogens with one attached hydrogen (secondary N) is 1. The molecule has 0 rings (SSSR count). The highest BCUT2D eigenvalue weighted by atomic mass is 16.1. The van der Waals surface area contributed by atoms with E-state index < -0.39 is 0 Å². The smallest absolute Gasteiger partial charge is 0.135 e. The van der Waals surface area contributed by atoms with Crippen LogP contribution in [-0.4, -0.2) is 21.2 Å². The molecule has 0 unspecified atom stereocenters. The van der Waals surface area contributed by atoms with Crippen molar-refractivity contribution in [3.8, 4) is 0 Å². The van der Waals surface area contributed by atoms with E-state index in [1.807, 2.05) is 0 Å². The monoisotopic (exact) mass is 121 g/mol. The molecule has 2 radical (unpaired) electrons. The van der Waals surface area contributed by atoms with Gasteiger partial charge in [-0.05, 0) is 12.3 Å². The number of allylic oxidation sites excluding steroid dienone is 3. The molecule has 0 aromatic rings. The topological polar surface area (TPSA) is 29.1 Å². The maximum atomic E-state index is 9.85. The highest BCUT2D eigenvalue weighted by molar-refractivity contribution is 6.32. The van der Waals surface area contributed by atoms with Gasteiger partial charge in [-0.25, -0.2) is 0 Å². The first-order chi connectivity index (χ1) is 4.31. The molecule has 0 saturated heterocycles. The Balaban J connectivity index is 3.68. The van der Waals surface area contributed by atoms with E-state index in [1.54, 1.807) is 19.3 Å². The average Bonchev–Trinajstić information content (AvgIpc) is 1.89. The Morgan fingerprint density at radius 2 is 2.33 bits per heavy atom. The maximum absolute atomic E-state index is 9.85. The molecule has 46 valence electrons. The summed E-state index contributed by atoms with van der Waals surface area (Å²) >= 11 is 0. The molecule has 1 N–H and O–H groups in total. The van der Waals surface area contributed by atoms with E-state index in [0.29, 0.717) is 6.29 Å². The lowest BCUT2D eigenvalue weighted by molar-refractivity contribution is -0.104. The van der Waals surface area contributed by atoms with Gasteiger partial charge < -0.3 is 5.32 Å². The molecular weight excluding hydrogens is 113 g/mol. The van der Waals surface area contributed by atoms with Gasteiger partial charge in [0.1, 0.15) is 14.1 Å². The number of hydrogen-bond acceptors (Lipinski definition) is 2. The zero-order chi connectivity index (χ0) is 7.11. The third kappa shape index (κ3) is 4.88. The van der Waals surface area contributed by atoms with E-state index in [2.05, 4.69) is 5.32 Å². The van der Waals surface area contributed by atoms with Crippen LogP contribution in [0.2, 0.25) is 0 Å². The average molecular weight is 121 g/mol. The van der Waals surface area contributed by atoms with Gasteiger partial charge in [0.15, 0.2) is 0 Å². The molecule has 0 fully saturated rings. The molecule has 0 bridgehead atoms. The lowest BCUT2D eigenvalue weighted by Gasteiger charge is -1.82. The molecule has 0 aliphatic heterocycles. The van der Waals surface area contributed by atoms with Gasteiger partial charge >= 0.3 is 0 Å². The molecule has 3 heteroatoms. The summed E-state index contributed by atoms with van der Waals surface area (Å²) in [5, 5.41) is 2.75. The summed E-state index contributed by atoms with van der Waals surface area (Å²) in [7, 11) is 6.89. The van der Waals surface area contributed by atoms with Crippen molar-refractivity contribution >= 4 is 14.1 Å². The normalized spacial score (nSPS) is 11.9. The zero-order valence-corrected chi connectivity index (χ0v) is 5.29. The number of aldehydes is 1. The standard InChI is InChI=1S/C6H8BNO/c1-8-4-2-3-6(7)5-9/h2-5,8H,1H3/b4-2-,6-3+. The van der Waals surface area contributed by atoms with Gasteiger partial charge in [0, 0.05) is 7.05 Å². The minimum absolute atomic E-state index is 0.224. The van der Waals surface area contributed by atoms with Crippen molar-refractivity contribution in [2.45, 2.75) is 0 Å². The number of rotatable bonds is 3. The Morgan fingerprint density at radius 3 is 2.78 bits per heavy atom. The van der Waals surface area contributed by atoms with Gasteiger partial charge in [-0.15, -0.1) is 0 Å². The lowest BCUT2D eigenvalue weighted by Crippen LogP contribution is -1.90. The molecule has 0 aromatic carbocycles. The van der Waals surface area contributed by atoms with Gasteiger partial charge in [0.05, 0.1) is 0 Å². The van der Waals surface area contributed by atoms with Crippen LogP contribution < -0.4 is 5.32 Å². The number of carbonyl (C=O) groups excluding carboxylic acids is 1. The summed E-state index contributed by atoms with van der Waals surface area (Å²) in [6.07, 6.45) is 5.45. The number of hydrogen-bond donors (Lipinski definition) is 1. The van der Waals surface area contributed by atoms with E-state index in [-0.39, 0.29) is 5.47 Å². The van der Waals surface area contributed by atoms with Gasteiger partial charge in [0.25, 0.3) is 0 Å². The Morgan fingerprint density at radius 1 is 1.67 bits per heavy atom. The van der Waals surface area contributed by atoms with Gasteiger partial charge in [0.2, 0.25) is 0 Å². The molecule has 0 amide bonds. The fraction of sp³-hybridized carbons (Fsp3) is 0.167. The van der Waals surface area contributed by atoms with Gasteiger partial charge in [-0.3, -0.25) is 4.79 Å². The largest absolute Gasteiger partial charge is 0.394 e. The minimum Gasteiger partial charge on any atom is -0.394 e. The van der Waals surface area contributed by atoms with E-state index in [0.717, 1.165) is 0 Å². The van der Waals surface area contributed by atoms with Crippen LogP contribution in [0.25, 0.3) is 0 Å². The summed E-state index contributed by atoms with van der Waals surface area (Å²) in [5.41, 5.74) is 0.224. The van der Waals surface area contributed by atoms with E-state index in [4.69, 9.17) is 7.85 Å². The summed E-state index contributed by atoms with van der Waals surface area (Å²) in [4.78, 5) is 9.85. The molecule has 0 saturated carbocycles. The van der Waals surface area contributed by atoms with Crippen molar-refractivity contribution in [1.82, 2.24) is 5.32 Å². The first kappa shape index (κ1) is 8.01. The van der Waals surface area contributed by atoms with E-state index in [9.17, 15) is 4.79 Å². The van der Waals surface area contributed by atoms with E-state index >= 15 is 0 Å². The molecular formula is C6H8BNO. The van der Waals surface area contributed by atoms with Crippen molar-refractivity contribution in [3.63, 3.8) is 0 Å². The third-order valence-electron chi connectivity index (χ3n) is 0.688. The summed E-state index contributed by atoms with van der Waals surface area (Å²) in [6, 6.07) is 0. The molecule has 9 heavy (non-hydrogen) atoms. The number of carbonyl (C=O) groups is 1. The summed E-state index contributed by atoms with van der Waals surface area (Å²) in [5.74, 6) is 0. The van der Waals surface area contributed by atoms with E-state index in [1.165, 1.54) is 6.08 Å². The quantitative estimate of drug-likeness (QED) is 0.246. The molecule has 0 atom stereocenters. The third-order valence-corrected chi connectivity index (χ3v) is 0.688. The van der Waals surface area contributed by atoms with Crippen molar-refractivity contribution < 1.29 is 4.79 Å². The van der Waals surface area contributed by atoms with Gasteiger partial charge in [-0.1, -0.05) is 11.5 Å². The van der Waals surface area contributed by atoms with Crippen molar-refractivity contribution in [2.75, 3.05) is 7.05 Å². The fourth-order valence-corrected chi connectivity index (χ4v) is 0.295. The van der Waals surface area contributed by atoms with Crippen LogP contribution in [0.15, 0.2) is 23.8 Å². The second kappa shape index (κ2) is 5.16. The fourth-order valence-electron chi connectivity index (χ4n) is 0.295. The predicted octanol–water partition coefficient (Wildman–Crippen LogP) is -0.0292.